The highest BCUT2D eigenvalue weighted by molar-refractivity contribution is 6.30. The minimum Gasteiger partial charge on any atom is -0.373 e. The number of imide groups is 1. The van der Waals surface area contributed by atoms with Crippen LogP contribution >= 0.6 is 11.6 Å². The van der Waals surface area contributed by atoms with Gasteiger partial charge in [0.2, 0.25) is 11.8 Å². The van der Waals surface area contributed by atoms with Crippen LogP contribution < -0.4 is 4.90 Å². The SMILES string of the molecule is O=C1[C@H]2[C@H](C(=O)N1c1cnn(Cc3ccc(Cl)cc3)c1)[C@H]1CC[C@H]2O1. The third kappa shape index (κ3) is 2.24. The summed E-state index contributed by atoms with van der Waals surface area (Å²) < 4.78 is 7.48. The molecule has 6 nitrogen and oxygen atoms in total. The number of fused-ring (bicyclic) bond motifs is 5. The van der Waals surface area contributed by atoms with Crippen molar-refractivity contribution < 1.29 is 14.3 Å². The predicted octanol–water partition coefficient (Wildman–Crippen LogP) is 2.25. The lowest BCUT2D eigenvalue weighted by Gasteiger charge is -2.15. The maximum atomic E-state index is 12.8. The Morgan fingerprint density at radius 2 is 1.72 bits per heavy atom. The van der Waals surface area contributed by atoms with Crippen LogP contribution in [-0.2, 0) is 20.9 Å². The maximum absolute atomic E-state index is 12.8. The van der Waals surface area contributed by atoms with Crippen LogP contribution in [0.5, 0.6) is 0 Å². The molecule has 2 aromatic rings. The van der Waals surface area contributed by atoms with Gasteiger partial charge in [-0.25, -0.2) is 4.90 Å². The quantitative estimate of drug-likeness (QED) is 0.790. The fourth-order valence-corrected chi connectivity index (χ4v) is 4.42. The minimum absolute atomic E-state index is 0.0967. The van der Waals surface area contributed by atoms with Crippen LogP contribution in [0.1, 0.15) is 18.4 Å². The summed E-state index contributed by atoms with van der Waals surface area (Å²) in [4.78, 5) is 26.8. The van der Waals surface area contributed by atoms with E-state index in [1.165, 1.54) is 4.90 Å². The van der Waals surface area contributed by atoms with Crippen LogP contribution in [0, 0.1) is 11.8 Å². The van der Waals surface area contributed by atoms with E-state index in [9.17, 15) is 9.59 Å². The minimum atomic E-state index is -0.314. The lowest BCUT2D eigenvalue weighted by atomic mass is 9.81. The summed E-state index contributed by atoms with van der Waals surface area (Å²) >= 11 is 5.90. The molecule has 3 fully saturated rings. The molecule has 0 unspecified atom stereocenters. The molecule has 7 heteroatoms. The predicted molar refractivity (Wildman–Crippen MR) is 90.1 cm³/mol. The second-order valence-corrected chi connectivity index (χ2v) is 7.31. The first-order valence-electron chi connectivity index (χ1n) is 8.42. The number of carbonyl (C=O) groups is 2. The van der Waals surface area contributed by atoms with E-state index < -0.39 is 0 Å². The number of carbonyl (C=O) groups excluding carboxylic acids is 2. The Morgan fingerprint density at radius 1 is 1.08 bits per heavy atom. The molecule has 5 rings (SSSR count). The second-order valence-electron chi connectivity index (χ2n) is 6.88. The maximum Gasteiger partial charge on any atom is 0.240 e. The molecule has 1 aromatic heterocycles. The van der Waals surface area contributed by atoms with Crippen molar-refractivity contribution in [1.29, 1.82) is 0 Å². The van der Waals surface area contributed by atoms with Crippen molar-refractivity contribution in [3.8, 4) is 0 Å². The number of benzene rings is 1. The molecule has 25 heavy (non-hydrogen) atoms. The monoisotopic (exact) mass is 357 g/mol. The Hall–Kier alpha value is -2.18. The highest BCUT2D eigenvalue weighted by Gasteiger charge is 2.62. The molecule has 3 aliphatic rings. The number of ether oxygens (including phenoxy) is 1. The van der Waals surface area contributed by atoms with Crippen molar-refractivity contribution in [2.45, 2.75) is 31.6 Å². The normalized spacial score (nSPS) is 30.4. The van der Waals surface area contributed by atoms with Crippen molar-refractivity contribution in [3.05, 3.63) is 47.2 Å². The first kappa shape index (κ1) is 15.1. The van der Waals surface area contributed by atoms with E-state index in [0.29, 0.717) is 17.3 Å². The van der Waals surface area contributed by atoms with Crippen molar-refractivity contribution in [3.63, 3.8) is 0 Å². The van der Waals surface area contributed by atoms with Crippen LogP contribution in [0.25, 0.3) is 0 Å². The van der Waals surface area contributed by atoms with E-state index >= 15 is 0 Å². The Labute approximate surface area is 149 Å². The highest BCUT2D eigenvalue weighted by atomic mass is 35.5. The molecule has 3 saturated heterocycles. The van der Waals surface area contributed by atoms with Crippen molar-refractivity contribution in [2.75, 3.05) is 4.90 Å². The van der Waals surface area contributed by atoms with Gasteiger partial charge in [-0.15, -0.1) is 0 Å². The Morgan fingerprint density at radius 3 is 2.36 bits per heavy atom. The zero-order valence-electron chi connectivity index (χ0n) is 13.3. The third-order valence-electron chi connectivity index (χ3n) is 5.42. The number of amides is 2. The Bertz CT molecular complexity index is 835. The van der Waals surface area contributed by atoms with Gasteiger partial charge in [0.05, 0.1) is 42.5 Å². The number of anilines is 1. The zero-order chi connectivity index (χ0) is 17.1. The lowest BCUT2D eigenvalue weighted by Crippen LogP contribution is -2.33. The molecule has 4 heterocycles. The number of halogens is 1. The second kappa shape index (κ2) is 5.41. The molecule has 4 atom stereocenters. The van der Waals surface area contributed by atoms with Gasteiger partial charge >= 0.3 is 0 Å². The molecule has 0 radical (unpaired) electrons. The molecule has 2 amide bonds. The van der Waals surface area contributed by atoms with Crippen LogP contribution in [0.15, 0.2) is 36.7 Å². The molecule has 1 aromatic carbocycles. The highest BCUT2D eigenvalue weighted by Crippen LogP contribution is 2.49. The first-order valence-corrected chi connectivity index (χ1v) is 8.80. The number of hydrogen-bond donors (Lipinski definition) is 0. The summed E-state index contributed by atoms with van der Waals surface area (Å²) in [5.74, 6) is -0.918. The van der Waals surface area contributed by atoms with Gasteiger partial charge in [0.15, 0.2) is 0 Å². The summed E-state index contributed by atoms with van der Waals surface area (Å²) in [7, 11) is 0. The third-order valence-corrected chi connectivity index (χ3v) is 5.67. The molecule has 0 saturated carbocycles. The smallest absolute Gasteiger partial charge is 0.240 e. The van der Waals surface area contributed by atoms with Gasteiger partial charge in [0.25, 0.3) is 0 Å². The molecule has 3 aliphatic heterocycles. The topological polar surface area (TPSA) is 64.4 Å². The lowest BCUT2D eigenvalue weighted by molar-refractivity contribution is -0.124. The van der Waals surface area contributed by atoms with E-state index in [4.69, 9.17) is 16.3 Å². The molecular formula is C18H16ClN3O3. The molecule has 0 aliphatic carbocycles. The molecule has 0 N–H and O–H groups in total. The van der Waals surface area contributed by atoms with E-state index in [2.05, 4.69) is 5.10 Å². The largest absolute Gasteiger partial charge is 0.373 e. The number of aromatic nitrogens is 2. The Balaban J connectivity index is 1.39. The fourth-order valence-electron chi connectivity index (χ4n) is 4.30. The van der Waals surface area contributed by atoms with E-state index in [1.54, 1.807) is 17.1 Å². The van der Waals surface area contributed by atoms with Crippen molar-refractivity contribution in [2.24, 2.45) is 11.8 Å². The standard InChI is InChI=1S/C18H16ClN3O3/c19-11-3-1-10(2-4-11)8-21-9-12(7-20-21)22-17(23)15-13-5-6-14(25-13)16(15)18(22)24/h1-4,7,9,13-16H,5-6,8H2/t13-,14-,15-,16-/m1/s1. The molecule has 128 valence electrons. The molecule has 2 bridgehead atoms. The molecular weight excluding hydrogens is 342 g/mol. The van der Waals surface area contributed by atoms with Gasteiger partial charge in [-0.3, -0.25) is 14.3 Å². The summed E-state index contributed by atoms with van der Waals surface area (Å²) in [6.45, 7) is 0.550. The number of hydrogen-bond acceptors (Lipinski definition) is 4. The average molecular weight is 358 g/mol. The van der Waals surface area contributed by atoms with E-state index in [1.807, 2.05) is 24.3 Å². The van der Waals surface area contributed by atoms with Gasteiger partial charge in [0.1, 0.15) is 0 Å². The number of nitrogens with zero attached hydrogens (tertiary/aromatic N) is 3. The van der Waals surface area contributed by atoms with Gasteiger partial charge in [-0.2, -0.15) is 5.10 Å². The number of rotatable bonds is 3. The van der Waals surface area contributed by atoms with Crippen LogP contribution in [0.2, 0.25) is 5.02 Å². The summed E-state index contributed by atoms with van der Waals surface area (Å²) in [6, 6.07) is 7.50. The van der Waals surface area contributed by atoms with E-state index in [-0.39, 0.29) is 35.9 Å². The average Bonchev–Trinajstić information content (AvgIpc) is 3.35. The van der Waals surface area contributed by atoms with Gasteiger partial charge in [-0.05, 0) is 30.5 Å². The summed E-state index contributed by atoms with van der Waals surface area (Å²) in [5, 5.41) is 4.98. The summed E-state index contributed by atoms with van der Waals surface area (Å²) in [6.07, 6.45) is 4.87. The van der Waals surface area contributed by atoms with Crippen molar-refractivity contribution in [1.82, 2.24) is 9.78 Å². The fraction of sp³-hybridized carbons (Fsp3) is 0.389. The van der Waals surface area contributed by atoms with Gasteiger partial charge in [-0.1, -0.05) is 23.7 Å². The van der Waals surface area contributed by atoms with Crippen LogP contribution in [0.4, 0.5) is 5.69 Å². The van der Waals surface area contributed by atoms with Crippen molar-refractivity contribution >= 4 is 29.1 Å². The Kier molecular flexibility index (Phi) is 3.27. The summed E-state index contributed by atoms with van der Waals surface area (Å²) in [5.41, 5.74) is 1.58. The van der Waals surface area contributed by atoms with Crippen LogP contribution in [-0.4, -0.2) is 33.8 Å². The first-order chi connectivity index (χ1) is 12.1. The molecule has 0 spiro atoms. The van der Waals surface area contributed by atoms with Gasteiger partial charge < -0.3 is 4.74 Å². The van der Waals surface area contributed by atoms with E-state index in [0.717, 1.165) is 18.4 Å². The van der Waals surface area contributed by atoms with Gasteiger partial charge in [0, 0.05) is 11.2 Å². The van der Waals surface area contributed by atoms with Crippen LogP contribution in [0.3, 0.4) is 0 Å². The zero-order valence-corrected chi connectivity index (χ0v) is 14.1.